The minimum absolute atomic E-state index is 0.0485. The highest BCUT2D eigenvalue weighted by Gasteiger charge is 2.18. The largest absolute Gasteiger partial charge is 0.376 e. The molecule has 3 heterocycles. The predicted molar refractivity (Wildman–Crippen MR) is 140 cm³/mol. The van der Waals surface area contributed by atoms with Crippen molar-refractivity contribution in [2.75, 3.05) is 24.3 Å². The minimum atomic E-state index is -0.386. The summed E-state index contributed by atoms with van der Waals surface area (Å²) in [4.78, 5) is 46.2. The number of fused-ring (bicyclic) bond motifs is 2. The Hall–Kier alpha value is -3.63. The first-order valence-electron chi connectivity index (χ1n) is 12.0. The quantitative estimate of drug-likeness (QED) is 0.238. The number of nitrogens with zero attached hydrogens (tertiary/aromatic N) is 2. The summed E-state index contributed by atoms with van der Waals surface area (Å²) >= 11 is 1.11. The van der Waals surface area contributed by atoms with Crippen LogP contribution in [0.3, 0.4) is 0 Å². The summed E-state index contributed by atoms with van der Waals surface area (Å²) in [7, 11) is 0. The Bertz CT molecular complexity index is 1460. The number of hydrogen-bond acceptors (Lipinski definition) is 6. The number of benzene rings is 2. The number of aromatic amines is 1. The number of amides is 2. The fourth-order valence-electron chi connectivity index (χ4n) is 4.29. The van der Waals surface area contributed by atoms with Crippen molar-refractivity contribution >= 4 is 45.4 Å². The lowest BCUT2D eigenvalue weighted by atomic mass is 10.1. The van der Waals surface area contributed by atoms with Crippen LogP contribution in [-0.2, 0) is 20.7 Å². The molecule has 1 fully saturated rings. The molecule has 3 N–H and O–H groups in total. The molecule has 9 nitrogen and oxygen atoms in total. The number of aromatic nitrogens is 3. The van der Waals surface area contributed by atoms with E-state index < -0.39 is 0 Å². The van der Waals surface area contributed by atoms with Gasteiger partial charge < -0.3 is 15.0 Å². The van der Waals surface area contributed by atoms with Crippen LogP contribution < -0.4 is 16.3 Å². The van der Waals surface area contributed by atoms with Crippen LogP contribution in [0.15, 0.2) is 64.7 Å². The second-order valence-electron chi connectivity index (χ2n) is 8.67. The molecule has 2 aromatic carbocycles. The summed E-state index contributed by atoms with van der Waals surface area (Å²) in [6.07, 6.45) is 4.59. The lowest BCUT2D eigenvalue weighted by Crippen LogP contribution is -2.36. The van der Waals surface area contributed by atoms with Crippen LogP contribution in [-0.4, -0.2) is 51.5 Å². The number of carbonyl (C=O) groups is 2. The van der Waals surface area contributed by atoms with Gasteiger partial charge in [0.2, 0.25) is 11.8 Å². The molecule has 1 saturated heterocycles. The van der Waals surface area contributed by atoms with Crippen molar-refractivity contribution in [2.45, 2.75) is 36.9 Å². The average molecular weight is 506 g/mol. The number of rotatable bonds is 9. The Labute approximate surface area is 211 Å². The van der Waals surface area contributed by atoms with Gasteiger partial charge in [0.15, 0.2) is 5.16 Å². The molecule has 0 aliphatic carbocycles. The van der Waals surface area contributed by atoms with E-state index >= 15 is 0 Å². The average Bonchev–Trinajstić information content (AvgIpc) is 3.57. The maximum absolute atomic E-state index is 13.2. The summed E-state index contributed by atoms with van der Waals surface area (Å²) in [5.74, 6) is -0.442. The summed E-state index contributed by atoms with van der Waals surface area (Å²) in [5.41, 5.74) is 4.87. The molecule has 0 saturated carbocycles. The van der Waals surface area contributed by atoms with Gasteiger partial charge >= 0.3 is 0 Å². The molecular weight excluding hydrogens is 478 g/mol. The third-order valence-corrected chi connectivity index (χ3v) is 7.10. The molecule has 10 heteroatoms. The molecule has 2 amide bonds. The maximum Gasteiger partial charge on any atom is 0.281 e. The molecule has 5 rings (SSSR count). The van der Waals surface area contributed by atoms with Gasteiger partial charge in [-0.3, -0.25) is 19.8 Å². The van der Waals surface area contributed by atoms with Gasteiger partial charge in [0.1, 0.15) is 0 Å². The van der Waals surface area contributed by atoms with Gasteiger partial charge in [0.05, 0.1) is 22.8 Å². The highest BCUT2D eigenvalue weighted by atomic mass is 32.2. The van der Waals surface area contributed by atoms with Crippen LogP contribution in [0, 0.1) is 0 Å². The van der Waals surface area contributed by atoms with Crippen molar-refractivity contribution in [2.24, 2.45) is 0 Å². The van der Waals surface area contributed by atoms with E-state index in [0.717, 1.165) is 52.4 Å². The Morgan fingerprint density at radius 2 is 1.92 bits per heavy atom. The Kier molecular flexibility index (Phi) is 7.33. The van der Waals surface area contributed by atoms with Crippen molar-refractivity contribution in [3.63, 3.8) is 0 Å². The van der Waals surface area contributed by atoms with Gasteiger partial charge in [-0.05, 0) is 43.0 Å². The minimum Gasteiger partial charge on any atom is -0.376 e. The van der Waals surface area contributed by atoms with Gasteiger partial charge in [-0.25, -0.2) is 4.98 Å². The molecule has 0 spiro atoms. The van der Waals surface area contributed by atoms with Crippen LogP contribution in [0.5, 0.6) is 0 Å². The van der Waals surface area contributed by atoms with Crippen molar-refractivity contribution in [3.8, 4) is 0 Å². The predicted octanol–water partition coefficient (Wildman–Crippen LogP) is 2.97. The van der Waals surface area contributed by atoms with E-state index in [9.17, 15) is 14.4 Å². The summed E-state index contributed by atoms with van der Waals surface area (Å²) in [6.45, 7) is 1.19. The van der Waals surface area contributed by atoms with E-state index in [4.69, 9.17) is 4.74 Å². The molecule has 1 aliphatic rings. The standard InChI is InChI=1S/C26H27N5O4S/c32-23(12-11-17-14-27-21-9-3-1-7-19(17)21)30-31-25(34)20-8-2-4-10-22(20)29-26(31)36-16-24(33)28-15-18-6-5-13-35-18/h1-4,7-10,14,18,27H,5-6,11-13,15-16H2,(H,28,33)(H,30,32)/t18-/m1/s1. The Morgan fingerprint density at radius 1 is 1.11 bits per heavy atom. The van der Waals surface area contributed by atoms with Gasteiger partial charge in [-0.2, -0.15) is 4.68 Å². The number of aryl methyl sites for hydroxylation is 1. The number of thioether (sulfide) groups is 1. The Balaban J connectivity index is 1.29. The van der Waals surface area contributed by atoms with Gasteiger partial charge in [-0.15, -0.1) is 0 Å². The zero-order chi connectivity index (χ0) is 24.9. The molecule has 0 bridgehead atoms. The molecule has 0 unspecified atom stereocenters. The van der Waals surface area contributed by atoms with Gasteiger partial charge in [-0.1, -0.05) is 42.1 Å². The van der Waals surface area contributed by atoms with E-state index in [1.165, 1.54) is 0 Å². The first-order chi connectivity index (χ1) is 17.6. The summed E-state index contributed by atoms with van der Waals surface area (Å²) < 4.78 is 6.69. The highest BCUT2D eigenvalue weighted by Crippen LogP contribution is 2.20. The Morgan fingerprint density at radius 3 is 2.75 bits per heavy atom. The van der Waals surface area contributed by atoms with E-state index in [2.05, 4.69) is 20.7 Å². The van der Waals surface area contributed by atoms with Crippen LogP contribution in [0.25, 0.3) is 21.8 Å². The topological polar surface area (TPSA) is 118 Å². The molecule has 186 valence electrons. The molecule has 1 aliphatic heterocycles. The second-order valence-corrected chi connectivity index (χ2v) is 9.62. The molecule has 4 aromatic rings. The molecule has 1 atom stereocenters. The number of ether oxygens (including phenoxy) is 1. The van der Waals surface area contributed by atoms with Crippen LogP contribution in [0.1, 0.15) is 24.8 Å². The zero-order valence-corrected chi connectivity index (χ0v) is 20.5. The summed E-state index contributed by atoms with van der Waals surface area (Å²) in [5, 5.41) is 4.58. The van der Waals surface area contributed by atoms with E-state index in [-0.39, 0.29) is 40.8 Å². The molecule has 2 aromatic heterocycles. The van der Waals surface area contributed by atoms with E-state index in [0.29, 0.717) is 23.9 Å². The third kappa shape index (κ3) is 5.44. The molecule has 0 radical (unpaired) electrons. The maximum atomic E-state index is 13.2. The molecular formula is C26H27N5O4S. The van der Waals surface area contributed by atoms with Crippen LogP contribution >= 0.6 is 11.8 Å². The number of hydrogen-bond donors (Lipinski definition) is 3. The normalized spacial score (nSPS) is 15.4. The SMILES string of the molecule is O=C(CSc1nc2ccccc2c(=O)n1NC(=O)CCc1c[nH]c2ccccc12)NC[C@H]1CCCO1. The van der Waals surface area contributed by atoms with Crippen molar-refractivity contribution < 1.29 is 14.3 Å². The van der Waals surface area contributed by atoms with Crippen LogP contribution in [0.4, 0.5) is 0 Å². The highest BCUT2D eigenvalue weighted by molar-refractivity contribution is 7.99. The van der Waals surface area contributed by atoms with Gasteiger partial charge in [0, 0.05) is 36.7 Å². The smallest absolute Gasteiger partial charge is 0.281 e. The monoisotopic (exact) mass is 505 g/mol. The van der Waals surface area contributed by atoms with Crippen molar-refractivity contribution in [3.05, 3.63) is 70.6 Å². The second kappa shape index (κ2) is 11.0. The lowest BCUT2D eigenvalue weighted by molar-refractivity contribution is -0.119. The van der Waals surface area contributed by atoms with E-state index in [1.54, 1.807) is 24.3 Å². The van der Waals surface area contributed by atoms with Crippen molar-refractivity contribution in [1.82, 2.24) is 20.0 Å². The lowest BCUT2D eigenvalue weighted by Gasteiger charge is -2.14. The molecule has 36 heavy (non-hydrogen) atoms. The fourth-order valence-corrected chi connectivity index (χ4v) is 5.07. The number of para-hydroxylation sites is 2. The van der Waals surface area contributed by atoms with Crippen molar-refractivity contribution in [1.29, 1.82) is 0 Å². The fraction of sp³-hybridized carbons (Fsp3) is 0.308. The number of nitrogens with one attached hydrogen (secondary N) is 3. The number of carbonyl (C=O) groups excluding carboxylic acids is 2. The third-order valence-electron chi connectivity index (χ3n) is 6.16. The van der Waals surface area contributed by atoms with E-state index in [1.807, 2.05) is 30.5 Å². The van der Waals surface area contributed by atoms with Crippen LogP contribution in [0.2, 0.25) is 0 Å². The first kappa shape index (κ1) is 24.1. The van der Waals surface area contributed by atoms with Gasteiger partial charge in [0.25, 0.3) is 5.56 Å². The summed E-state index contributed by atoms with van der Waals surface area (Å²) in [6, 6.07) is 14.9. The zero-order valence-electron chi connectivity index (χ0n) is 19.7. The number of H-pyrrole nitrogens is 1. The first-order valence-corrected chi connectivity index (χ1v) is 12.9.